The molecule has 6 heteroatoms. The smallest absolute Gasteiger partial charge is 0.295 e. The minimum atomic E-state index is -0.647. The first-order chi connectivity index (χ1) is 16.6. The zero-order valence-electron chi connectivity index (χ0n) is 21.8. The van der Waals surface area contributed by atoms with Crippen LogP contribution in [-0.4, -0.2) is 59.9 Å². The molecule has 0 aromatic heterocycles. The molecule has 1 fully saturated rings. The van der Waals surface area contributed by atoms with E-state index in [9.17, 15) is 14.7 Å². The van der Waals surface area contributed by atoms with Crippen LogP contribution in [0.25, 0.3) is 5.76 Å². The summed E-state index contributed by atoms with van der Waals surface area (Å²) in [7, 11) is 1.57. The topological polar surface area (TPSA) is 70.1 Å². The van der Waals surface area contributed by atoms with Gasteiger partial charge < -0.3 is 19.6 Å². The number of amides is 1. The highest BCUT2D eigenvalue weighted by molar-refractivity contribution is 6.46. The number of ketones is 1. The number of nitrogens with zero attached hydrogens (tertiary/aromatic N) is 2. The van der Waals surface area contributed by atoms with Crippen molar-refractivity contribution in [1.82, 2.24) is 9.80 Å². The van der Waals surface area contributed by atoms with Gasteiger partial charge in [-0.15, -0.1) is 0 Å². The molecule has 188 valence electrons. The molecule has 1 saturated heterocycles. The number of benzene rings is 2. The van der Waals surface area contributed by atoms with Crippen molar-refractivity contribution in [3.05, 3.63) is 70.8 Å². The van der Waals surface area contributed by atoms with Gasteiger partial charge in [-0.3, -0.25) is 9.59 Å². The Morgan fingerprint density at radius 2 is 1.60 bits per heavy atom. The Bertz CT molecular complexity index is 1060. The Morgan fingerprint density at radius 1 is 1.00 bits per heavy atom. The predicted octanol–water partition coefficient (Wildman–Crippen LogP) is 5.15. The summed E-state index contributed by atoms with van der Waals surface area (Å²) in [6.07, 6.45) is 0.744. The fourth-order valence-corrected chi connectivity index (χ4v) is 4.53. The molecule has 2 aromatic rings. The van der Waals surface area contributed by atoms with Crippen LogP contribution in [0.4, 0.5) is 0 Å². The van der Waals surface area contributed by atoms with Gasteiger partial charge in [0.15, 0.2) is 0 Å². The molecule has 2 aromatic carbocycles. The van der Waals surface area contributed by atoms with E-state index >= 15 is 0 Å². The van der Waals surface area contributed by atoms with Crippen LogP contribution in [0.1, 0.15) is 63.8 Å². The molecule has 0 radical (unpaired) electrons. The molecule has 1 atom stereocenters. The summed E-state index contributed by atoms with van der Waals surface area (Å²) < 4.78 is 5.21. The lowest BCUT2D eigenvalue weighted by Gasteiger charge is -2.27. The van der Waals surface area contributed by atoms with Crippen LogP contribution in [0.15, 0.2) is 54.1 Å². The fourth-order valence-electron chi connectivity index (χ4n) is 4.53. The number of ether oxygens (including phenoxy) is 1. The standard InChI is InChI=1S/C29H38N2O4/c1-7-30(8-2)18-9-19-31-25(20-10-14-22(15-11-20)29(3,4)5)24(27(33)28(31)34)26(32)21-12-16-23(35-6)17-13-21/h10-17,25,32H,7-9,18-19H2,1-6H3/b26-24-. The minimum Gasteiger partial charge on any atom is -0.507 e. The van der Waals surface area contributed by atoms with Gasteiger partial charge in [-0.25, -0.2) is 0 Å². The third kappa shape index (κ3) is 5.76. The molecular weight excluding hydrogens is 440 g/mol. The zero-order valence-corrected chi connectivity index (χ0v) is 21.8. The highest BCUT2D eigenvalue weighted by atomic mass is 16.5. The molecule has 1 N–H and O–H groups in total. The summed E-state index contributed by atoms with van der Waals surface area (Å²) in [4.78, 5) is 30.3. The Balaban J connectivity index is 2.04. The molecule has 0 spiro atoms. The molecule has 6 nitrogen and oxygen atoms in total. The molecule has 0 saturated carbocycles. The molecule has 1 amide bonds. The third-order valence-corrected chi connectivity index (χ3v) is 6.76. The predicted molar refractivity (Wildman–Crippen MR) is 140 cm³/mol. The van der Waals surface area contributed by atoms with Gasteiger partial charge in [-0.05, 0) is 66.9 Å². The Kier molecular flexibility index (Phi) is 8.39. The van der Waals surface area contributed by atoms with Crippen molar-refractivity contribution in [2.45, 2.75) is 52.5 Å². The van der Waals surface area contributed by atoms with Gasteiger partial charge in [0.25, 0.3) is 11.7 Å². The molecule has 0 aliphatic carbocycles. The molecule has 3 rings (SSSR count). The summed E-state index contributed by atoms with van der Waals surface area (Å²) in [5, 5.41) is 11.2. The number of carbonyl (C=O) groups is 2. The molecule has 1 unspecified atom stereocenters. The van der Waals surface area contributed by atoms with Crippen molar-refractivity contribution in [1.29, 1.82) is 0 Å². The van der Waals surface area contributed by atoms with Crippen LogP contribution in [0.5, 0.6) is 5.75 Å². The highest BCUT2D eigenvalue weighted by Gasteiger charge is 2.45. The maximum absolute atomic E-state index is 13.2. The Hall–Kier alpha value is -3.12. The van der Waals surface area contributed by atoms with E-state index in [1.165, 1.54) is 0 Å². The fraction of sp³-hybridized carbons (Fsp3) is 0.448. The maximum Gasteiger partial charge on any atom is 0.295 e. The molecule has 0 bridgehead atoms. The van der Waals surface area contributed by atoms with E-state index in [0.29, 0.717) is 17.9 Å². The van der Waals surface area contributed by atoms with Crippen LogP contribution >= 0.6 is 0 Å². The van der Waals surface area contributed by atoms with Crippen LogP contribution < -0.4 is 4.74 Å². The van der Waals surface area contributed by atoms with E-state index in [4.69, 9.17) is 4.74 Å². The van der Waals surface area contributed by atoms with Crippen LogP contribution in [0.3, 0.4) is 0 Å². The van der Waals surface area contributed by atoms with Crippen LogP contribution in [0, 0.1) is 0 Å². The van der Waals surface area contributed by atoms with Crippen molar-refractivity contribution < 1.29 is 19.4 Å². The van der Waals surface area contributed by atoms with Crippen molar-refractivity contribution in [3.8, 4) is 5.75 Å². The second-order valence-corrected chi connectivity index (χ2v) is 9.97. The van der Waals surface area contributed by atoms with Crippen LogP contribution in [0.2, 0.25) is 0 Å². The van der Waals surface area contributed by atoms with Gasteiger partial charge in [0.1, 0.15) is 11.5 Å². The van der Waals surface area contributed by atoms with Gasteiger partial charge in [-0.1, -0.05) is 58.9 Å². The SMILES string of the molecule is CCN(CC)CCCN1C(=O)C(=O)/C(=C(\O)c2ccc(OC)cc2)C1c1ccc(C(C)(C)C)cc1. The van der Waals surface area contributed by atoms with Crippen molar-refractivity contribution in [3.63, 3.8) is 0 Å². The van der Waals surface area contributed by atoms with E-state index in [1.807, 2.05) is 24.3 Å². The summed E-state index contributed by atoms with van der Waals surface area (Å²) in [6.45, 7) is 13.8. The lowest BCUT2D eigenvalue weighted by atomic mass is 9.85. The first kappa shape index (κ1) is 26.5. The first-order valence-electron chi connectivity index (χ1n) is 12.4. The lowest BCUT2D eigenvalue weighted by Crippen LogP contribution is -2.33. The monoisotopic (exact) mass is 478 g/mol. The molecule has 1 aliphatic rings. The number of methoxy groups -OCH3 is 1. The number of aliphatic hydroxyl groups excluding tert-OH is 1. The Morgan fingerprint density at radius 3 is 2.11 bits per heavy atom. The number of rotatable bonds is 9. The largest absolute Gasteiger partial charge is 0.507 e. The van der Waals surface area contributed by atoms with E-state index in [1.54, 1.807) is 36.3 Å². The molecule has 1 heterocycles. The van der Waals surface area contributed by atoms with Gasteiger partial charge >= 0.3 is 0 Å². The Labute approximate surface area is 209 Å². The van der Waals surface area contributed by atoms with Crippen molar-refractivity contribution >= 4 is 17.4 Å². The van der Waals surface area contributed by atoms with Crippen molar-refractivity contribution in [2.24, 2.45) is 0 Å². The van der Waals surface area contributed by atoms with Gasteiger partial charge in [0.2, 0.25) is 0 Å². The second-order valence-electron chi connectivity index (χ2n) is 9.97. The molecule has 35 heavy (non-hydrogen) atoms. The highest BCUT2D eigenvalue weighted by Crippen LogP contribution is 2.40. The van der Waals surface area contributed by atoms with Gasteiger partial charge in [0.05, 0.1) is 18.7 Å². The molecular formula is C29H38N2O4. The number of Topliss-reactive ketones (excluding diaryl/α,β-unsaturated/α-hetero) is 1. The van der Waals surface area contributed by atoms with Gasteiger partial charge in [0, 0.05) is 12.1 Å². The van der Waals surface area contributed by atoms with E-state index in [-0.39, 0.29) is 16.7 Å². The van der Waals surface area contributed by atoms with E-state index in [0.717, 1.165) is 37.2 Å². The summed E-state index contributed by atoms with van der Waals surface area (Å²) in [5.74, 6) is -0.731. The number of aliphatic hydroxyl groups is 1. The number of carbonyl (C=O) groups excluding carboxylic acids is 2. The summed E-state index contributed by atoms with van der Waals surface area (Å²) in [5.41, 5.74) is 2.56. The third-order valence-electron chi connectivity index (χ3n) is 6.76. The number of hydrogen-bond donors (Lipinski definition) is 1. The van der Waals surface area contributed by atoms with Crippen LogP contribution in [-0.2, 0) is 15.0 Å². The van der Waals surface area contributed by atoms with Crippen molar-refractivity contribution in [2.75, 3.05) is 33.3 Å². The molecule has 1 aliphatic heterocycles. The van der Waals surface area contributed by atoms with Gasteiger partial charge in [-0.2, -0.15) is 0 Å². The average Bonchev–Trinajstić information content (AvgIpc) is 3.10. The summed E-state index contributed by atoms with van der Waals surface area (Å²) in [6, 6.07) is 14.2. The lowest BCUT2D eigenvalue weighted by molar-refractivity contribution is -0.140. The number of likely N-dealkylation sites (tertiary alicyclic amines) is 1. The first-order valence-corrected chi connectivity index (χ1v) is 12.4. The zero-order chi connectivity index (χ0) is 25.8. The second kappa shape index (κ2) is 11.1. The number of hydrogen-bond acceptors (Lipinski definition) is 5. The normalized spacial score (nSPS) is 17.9. The maximum atomic E-state index is 13.2. The van der Waals surface area contributed by atoms with E-state index in [2.05, 4.69) is 39.5 Å². The quantitative estimate of drug-likeness (QED) is 0.307. The average molecular weight is 479 g/mol. The van der Waals surface area contributed by atoms with E-state index < -0.39 is 17.7 Å². The minimum absolute atomic E-state index is 0.0206. The summed E-state index contributed by atoms with van der Waals surface area (Å²) >= 11 is 0.